The van der Waals surface area contributed by atoms with Gasteiger partial charge in [0.15, 0.2) is 0 Å². The number of pyridine rings is 1. The molecule has 24 heavy (non-hydrogen) atoms. The zero-order valence-corrected chi connectivity index (χ0v) is 13.9. The second-order valence-corrected chi connectivity index (χ2v) is 6.33. The van der Waals surface area contributed by atoms with Crippen molar-refractivity contribution in [1.29, 1.82) is 0 Å². The van der Waals surface area contributed by atoms with Crippen LogP contribution in [0.5, 0.6) is 11.5 Å². The first-order valence-electron chi connectivity index (χ1n) is 8.36. The van der Waals surface area contributed by atoms with Crippen LogP contribution in [-0.4, -0.2) is 34.9 Å². The van der Waals surface area contributed by atoms with Crippen LogP contribution >= 0.6 is 0 Å². The standard InChI is InChI=1S/C19H23N3O2/c1-14(20)16-4-3-11-22(13-16)19(23)15-6-8-17(9-7-15)24-18-5-2-10-21-12-18/h2,5-10,12,14,16H,3-4,11,13,20H2,1H3/t14-,16+/m1/s1. The zero-order valence-electron chi connectivity index (χ0n) is 13.9. The number of ether oxygens (including phenoxy) is 1. The second kappa shape index (κ2) is 7.45. The van der Waals surface area contributed by atoms with E-state index >= 15 is 0 Å². The molecule has 2 aromatic rings. The minimum absolute atomic E-state index is 0.0632. The first kappa shape index (κ1) is 16.5. The normalized spacial score (nSPS) is 18.9. The van der Waals surface area contributed by atoms with Crippen LogP contribution in [0, 0.1) is 5.92 Å². The van der Waals surface area contributed by atoms with Crippen LogP contribution in [0.1, 0.15) is 30.1 Å². The number of rotatable bonds is 4. The maximum Gasteiger partial charge on any atom is 0.253 e. The number of hydrogen-bond acceptors (Lipinski definition) is 4. The number of piperidine rings is 1. The molecular weight excluding hydrogens is 302 g/mol. The van der Waals surface area contributed by atoms with Gasteiger partial charge in [-0.05, 0) is 62.1 Å². The number of aromatic nitrogens is 1. The molecule has 5 nitrogen and oxygen atoms in total. The highest BCUT2D eigenvalue weighted by molar-refractivity contribution is 5.94. The van der Waals surface area contributed by atoms with E-state index in [4.69, 9.17) is 10.5 Å². The van der Waals surface area contributed by atoms with Gasteiger partial charge in [-0.1, -0.05) is 0 Å². The third-order valence-electron chi connectivity index (χ3n) is 4.46. The van der Waals surface area contributed by atoms with Gasteiger partial charge in [-0.2, -0.15) is 0 Å². The number of nitrogens with two attached hydrogens (primary N) is 1. The maximum atomic E-state index is 12.7. The third kappa shape index (κ3) is 3.92. The van der Waals surface area contributed by atoms with Crippen LogP contribution in [0.2, 0.25) is 0 Å². The van der Waals surface area contributed by atoms with Gasteiger partial charge in [0.1, 0.15) is 11.5 Å². The van der Waals surface area contributed by atoms with E-state index in [0.29, 0.717) is 23.0 Å². The van der Waals surface area contributed by atoms with E-state index in [0.717, 1.165) is 25.9 Å². The van der Waals surface area contributed by atoms with Crippen LogP contribution in [0.3, 0.4) is 0 Å². The second-order valence-electron chi connectivity index (χ2n) is 6.33. The Bertz CT molecular complexity index is 671. The molecule has 2 N–H and O–H groups in total. The van der Waals surface area contributed by atoms with E-state index in [2.05, 4.69) is 4.98 Å². The first-order valence-corrected chi connectivity index (χ1v) is 8.36. The Kier molecular flexibility index (Phi) is 5.11. The lowest BCUT2D eigenvalue weighted by Gasteiger charge is -2.34. The van der Waals surface area contributed by atoms with E-state index in [9.17, 15) is 4.79 Å². The van der Waals surface area contributed by atoms with Gasteiger partial charge in [0.05, 0.1) is 6.20 Å². The molecule has 1 aromatic heterocycles. The van der Waals surface area contributed by atoms with Gasteiger partial charge in [0, 0.05) is 30.9 Å². The SMILES string of the molecule is C[C@@H](N)[C@H]1CCCN(C(=O)c2ccc(Oc3cccnc3)cc2)C1. The Morgan fingerprint density at radius 2 is 2.08 bits per heavy atom. The van der Waals surface area contributed by atoms with Gasteiger partial charge in [-0.15, -0.1) is 0 Å². The van der Waals surface area contributed by atoms with Crippen molar-refractivity contribution in [2.45, 2.75) is 25.8 Å². The number of amides is 1. The average molecular weight is 325 g/mol. The van der Waals surface area contributed by atoms with Gasteiger partial charge < -0.3 is 15.4 Å². The molecule has 1 amide bonds. The molecule has 3 rings (SSSR count). The Morgan fingerprint density at radius 3 is 2.75 bits per heavy atom. The van der Waals surface area contributed by atoms with Crippen LogP contribution in [0.4, 0.5) is 0 Å². The highest BCUT2D eigenvalue weighted by Gasteiger charge is 2.26. The largest absolute Gasteiger partial charge is 0.456 e. The minimum Gasteiger partial charge on any atom is -0.456 e. The number of carbonyl (C=O) groups is 1. The molecule has 126 valence electrons. The van der Waals surface area contributed by atoms with Crippen molar-refractivity contribution >= 4 is 5.91 Å². The Balaban J connectivity index is 1.65. The van der Waals surface area contributed by atoms with Gasteiger partial charge in [-0.3, -0.25) is 9.78 Å². The molecule has 0 spiro atoms. The van der Waals surface area contributed by atoms with Crippen molar-refractivity contribution in [3.63, 3.8) is 0 Å². The molecule has 1 aliphatic heterocycles. The summed E-state index contributed by atoms with van der Waals surface area (Å²) in [6.07, 6.45) is 5.46. The van der Waals surface area contributed by atoms with E-state index in [1.807, 2.05) is 48.2 Å². The lowest BCUT2D eigenvalue weighted by Crippen LogP contribution is -2.45. The molecule has 0 aliphatic carbocycles. The molecule has 1 aliphatic rings. The third-order valence-corrected chi connectivity index (χ3v) is 4.46. The molecule has 1 saturated heterocycles. The van der Waals surface area contributed by atoms with Crippen LogP contribution in [0.25, 0.3) is 0 Å². The minimum atomic E-state index is 0.0632. The monoisotopic (exact) mass is 325 g/mol. The van der Waals surface area contributed by atoms with Crippen LogP contribution in [-0.2, 0) is 0 Å². The summed E-state index contributed by atoms with van der Waals surface area (Å²) in [6.45, 7) is 3.56. The maximum absolute atomic E-state index is 12.7. The zero-order chi connectivity index (χ0) is 16.9. The van der Waals surface area contributed by atoms with Crippen molar-refractivity contribution in [2.75, 3.05) is 13.1 Å². The van der Waals surface area contributed by atoms with Crippen molar-refractivity contribution in [3.8, 4) is 11.5 Å². The van der Waals surface area contributed by atoms with E-state index < -0.39 is 0 Å². The van der Waals surface area contributed by atoms with E-state index in [1.165, 1.54) is 0 Å². The Morgan fingerprint density at radius 1 is 1.29 bits per heavy atom. The summed E-state index contributed by atoms with van der Waals surface area (Å²) < 4.78 is 5.70. The topological polar surface area (TPSA) is 68.5 Å². The molecule has 1 fully saturated rings. The molecule has 0 bridgehead atoms. The quantitative estimate of drug-likeness (QED) is 0.938. The fourth-order valence-corrected chi connectivity index (χ4v) is 3.02. The van der Waals surface area contributed by atoms with Crippen molar-refractivity contribution < 1.29 is 9.53 Å². The van der Waals surface area contributed by atoms with Crippen molar-refractivity contribution in [3.05, 3.63) is 54.4 Å². The number of carbonyl (C=O) groups excluding carboxylic acids is 1. The summed E-state index contributed by atoms with van der Waals surface area (Å²) in [5.41, 5.74) is 6.68. The lowest BCUT2D eigenvalue weighted by atomic mass is 9.92. The number of benzene rings is 1. The lowest BCUT2D eigenvalue weighted by molar-refractivity contribution is 0.0661. The van der Waals surface area contributed by atoms with Gasteiger partial charge in [0.2, 0.25) is 0 Å². The molecular formula is C19H23N3O2. The van der Waals surface area contributed by atoms with Gasteiger partial charge in [0.25, 0.3) is 5.91 Å². The fraction of sp³-hybridized carbons (Fsp3) is 0.368. The van der Waals surface area contributed by atoms with Crippen LogP contribution < -0.4 is 10.5 Å². The number of nitrogens with zero attached hydrogens (tertiary/aromatic N) is 2. The predicted molar refractivity (Wildman–Crippen MR) is 93.0 cm³/mol. The summed E-state index contributed by atoms with van der Waals surface area (Å²) >= 11 is 0. The van der Waals surface area contributed by atoms with E-state index in [-0.39, 0.29) is 11.9 Å². The molecule has 5 heteroatoms. The smallest absolute Gasteiger partial charge is 0.253 e. The summed E-state index contributed by atoms with van der Waals surface area (Å²) in [4.78, 5) is 18.6. The fourth-order valence-electron chi connectivity index (χ4n) is 3.02. The van der Waals surface area contributed by atoms with Crippen LogP contribution in [0.15, 0.2) is 48.8 Å². The predicted octanol–water partition coefficient (Wildman–Crippen LogP) is 3.07. The van der Waals surface area contributed by atoms with Crippen molar-refractivity contribution in [2.24, 2.45) is 11.7 Å². The molecule has 1 aromatic carbocycles. The number of likely N-dealkylation sites (tertiary alicyclic amines) is 1. The Labute approximate surface area is 142 Å². The average Bonchev–Trinajstić information content (AvgIpc) is 2.63. The number of hydrogen-bond donors (Lipinski definition) is 1. The Hall–Kier alpha value is -2.40. The molecule has 0 unspecified atom stereocenters. The molecule has 2 heterocycles. The molecule has 0 radical (unpaired) electrons. The molecule has 2 atom stereocenters. The first-order chi connectivity index (χ1) is 11.6. The van der Waals surface area contributed by atoms with Gasteiger partial charge in [-0.25, -0.2) is 0 Å². The van der Waals surface area contributed by atoms with E-state index in [1.54, 1.807) is 12.4 Å². The highest BCUT2D eigenvalue weighted by atomic mass is 16.5. The van der Waals surface area contributed by atoms with Gasteiger partial charge >= 0.3 is 0 Å². The van der Waals surface area contributed by atoms with Crippen molar-refractivity contribution in [1.82, 2.24) is 9.88 Å². The molecule has 0 saturated carbocycles. The highest BCUT2D eigenvalue weighted by Crippen LogP contribution is 2.23. The summed E-state index contributed by atoms with van der Waals surface area (Å²) in [7, 11) is 0. The summed E-state index contributed by atoms with van der Waals surface area (Å²) in [5.74, 6) is 1.81. The summed E-state index contributed by atoms with van der Waals surface area (Å²) in [6, 6.07) is 11.0. The summed E-state index contributed by atoms with van der Waals surface area (Å²) in [5, 5.41) is 0.